The lowest BCUT2D eigenvalue weighted by Gasteiger charge is -2.23. The van der Waals surface area contributed by atoms with Gasteiger partial charge in [-0.05, 0) is 32.9 Å². The number of imidazole rings is 1. The molecule has 0 amide bonds. The molecule has 2 aromatic heterocycles. The number of hydrogen-bond donors (Lipinski definition) is 1. The monoisotopic (exact) mass is 282 g/mol. The minimum Gasteiger partial charge on any atom is -0.369 e. The second kappa shape index (κ2) is 4.19. The van der Waals surface area contributed by atoms with Crippen molar-refractivity contribution in [2.24, 2.45) is 0 Å². The quantitative estimate of drug-likeness (QED) is 0.911. The van der Waals surface area contributed by atoms with Crippen molar-refractivity contribution in [2.45, 2.75) is 32.1 Å². The van der Waals surface area contributed by atoms with E-state index < -0.39 is 14.6 Å². The van der Waals surface area contributed by atoms with Crippen LogP contribution in [0.2, 0.25) is 0 Å². The van der Waals surface area contributed by atoms with Gasteiger partial charge < -0.3 is 5.73 Å². The van der Waals surface area contributed by atoms with Crippen LogP contribution < -0.4 is 5.73 Å². The zero-order chi connectivity index (χ0) is 14.4. The zero-order valence-electron chi connectivity index (χ0n) is 11.5. The van der Waals surface area contributed by atoms with Gasteiger partial charge >= 0.3 is 0 Å². The Kier molecular flexibility index (Phi) is 3.04. The number of aryl methyl sites for hydroxylation is 1. The molecule has 0 saturated heterocycles. The summed E-state index contributed by atoms with van der Waals surface area (Å²) >= 11 is 0. The van der Waals surface area contributed by atoms with Crippen LogP contribution in [0.5, 0.6) is 0 Å². The van der Waals surface area contributed by atoms with E-state index in [-0.39, 0.29) is 12.5 Å². The van der Waals surface area contributed by atoms with E-state index in [9.17, 15) is 8.42 Å². The number of pyridine rings is 1. The molecule has 2 heterocycles. The Labute approximate surface area is 112 Å². The predicted octanol–water partition coefficient (Wildman–Crippen LogP) is 1.15. The van der Waals surface area contributed by atoms with Crippen molar-refractivity contribution in [2.75, 3.05) is 12.0 Å². The topological polar surface area (TPSA) is 90.9 Å². The molecule has 2 rings (SSSR count). The fourth-order valence-electron chi connectivity index (χ4n) is 1.77. The van der Waals surface area contributed by atoms with E-state index >= 15 is 0 Å². The molecular weight excluding hydrogens is 264 g/mol. The van der Waals surface area contributed by atoms with Crippen LogP contribution in [-0.2, 0) is 16.4 Å². The van der Waals surface area contributed by atoms with E-state index in [1.54, 1.807) is 18.4 Å². The SMILES string of the molecule is Cc1ccc2nc(N)n(CC(C)(C)S(C)(=O)=O)c2n1. The van der Waals surface area contributed by atoms with Crippen LogP contribution in [0.15, 0.2) is 12.1 Å². The number of nitrogen functional groups attached to an aromatic ring is 1. The first-order chi connectivity index (χ1) is 8.62. The Hall–Kier alpha value is -1.63. The summed E-state index contributed by atoms with van der Waals surface area (Å²) in [6.45, 7) is 5.44. The Bertz CT molecular complexity index is 732. The summed E-state index contributed by atoms with van der Waals surface area (Å²) in [5, 5.41) is 0. The van der Waals surface area contributed by atoms with Crippen molar-refractivity contribution in [3.63, 3.8) is 0 Å². The number of fused-ring (bicyclic) bond motifs is 1. The number of rotatable bonds is 3. The molecule has 0 atom stereocenters. The van der Waals surface area contributed by atoms with Crippen LogP contribution in [-0.4, -0.2) is 34.0 Å². The molecule has 0 bridgehead atoms. The summed E-state index contributed by atoms with van der Waals surface area (Å²) in [5.41, 5.74) is 8.00. The summed E-state index contributed by atoms with van der Waals surface area (Å²) in [6.07, 6.45) is 1.22. The summed E-state index contributed by atoms with van der Waals surface area (Å²) in [6, 6.07) is 3.68. The Morgan fingerprint density at radius 1 is 1.32 bits per heavy atom. The number of nitrogens with zero attached hydrogens (tertiary/aromatic N) is 3. The molecule has 0 saturated carbocycles. The van der Waals surface area contributed by atoms with Crippen molar-refractivity contribution in [3.05, 3.63) is 17.8 Å². The molecule has 0 aliphatic rings. The van der Waals surface area contributed by atoms with Gasteiger partial charge in [-0.25, -0.2) is 18.4 Å². The third kappa shape index (κ3) is 2.42. The lowest BCUT2D eigenvalue weighted by molar-refractivity contribution is 0.510. The molecule has 0 unspecified atom stereocenters. The minimum absolute atomic E-state index is 0.227. The molecule has 0 fully saturated rings. The van der Waals surface area contributed by atoms with Gasteiger partial charge in [0, 0.05) is 18.5 Å². The van der Waals surface area contributed by atoms with Gasteiger partial charge in [0.2, 0.25) is 5.95 Å². The van der Waals surface area contributed by atoms with Gasteiger partial charge in [0.05, 0.1) is 4.75 Å². The van der Waals surface area contributed by atoms with E-state index in [0.717, 1.165) is 5.69 Å². The zero-order valence-corrected chi connectivity index (χ0v) is 12.3. The molecule has 104 valence electrons. The van der Waals surface area contributed by atoms with Crippen LogP contribution in [0.4, 0.5) is 5.95 Å². The maximum atomic E-state index is 11.8. The Morgan fingerprint density at radius 2 is 1.95 bits per heavy atom. The molecule has 7 heteroatoms. The van der Waals surface area contributed by atoms with Crippen molar-refractivity contribution < 1.29 is 8.42 Å². The number of sulfone groups is 1. The third-order valence-electron chi connectivity index (χ3n) is 3.30. The molecule has 6 nitrogen and oxygen atoms in total. The van der Waals surface area contributed by atoms with Gasteiger partial charge in [-0.1, -0.05) is 0 Å². The first kappa shape index (κ1) is 13.8. The van der Waals surface area contributed by atoms with E-state index in [0.29, 0.717) is 11.2 Å². The molecule has 0 aromatic carbocycles. The smallest absolute Gasteiger partial charge is 0.202 e. The van der Waals surface area contributed by atoms with E-state index in [1.165, 1.54) is 6.26 Å². The van der Waals surface area contributed by atoms with Crippen molar-refractivity contribution in [1.82, 2.24) is 14.5 Å². The first-order valence-electron chi connectivity index (χ1n) is 5.91. The summed E-state index contributed by atoms with van der Waals surface area (Å²) < 4.78 is 24.3. The van der Waals surface area contributed by atoms with Crippen LogP contribution in [0.1, 0.15) is 19.5 Å². The fraction of sp³-hybridized carbons (Fsp3) is 0.500. The van der Waals surface area contributed by atoms with Gasteiger partial charge in [0.15, 0.2) is 15.5 Å². The van der Waals surface area contributed by atoms with Gasteiger partial charge in [0.1, 0.15) is 5.52 Å². The maximum absolute atomic E-state index is 11.8. The Morgan fingerprint density at radius 3 is 2.53 bits per heavy atom. The molecular formula is C12H18N4O2S. The number of nitrogens with two attached hydrogens (primary N) is 1. The summed E-state index contributed by atoms with van der Waals surface area (Å²) in [7, 11) is -3.21. The standard InChI is InChI=1S/C12H18N4O2S/c1-8-5-6-9-10(14-8)16(11(13)15-9)7-12(2,3)19(4,17)18/h5-6H,7H2,1-4H3,(H2,13,15). The molecule has 2 N–H and O–H groups in total. The average molecular weight is 282 g/mol. The van der Waals surface area contributed by atoms with Crippen molar-refractivity contribution >= 4 is 26.9 Å². The van der Waals surface area contributed by atoms with Crippen molar-refractivity contribution in [3.8, 4) is 0 Å². The summed E-state index contributed by atoms with van der Waals surface area (Å²) in [5.74, 6) is 0.282. The number of hydrogen-bond acceptors (Lipinski definition) is 5. The molecule has 0 aliphatic carbocycles. The second-order valence-electron chi connectivity index (χ2n) is 5.38. The molecule has 2 aromatic rings. The van der Waals surface area contributed by atoms with Gasteiger partial charge in [-0.2, -0.15) is 0 Å². The predicted molar refractivity (Wildman–Crippen MR) is 75.6 cm³/mol. The second-order valence-corrected chi connectivity index (χ2v) is 8.03. The normalized spacial score (nSPS) is 13.1. The van der Waals surface area contributed by atoms with Gasteiger partial charge in [-0.15, -0.1) is 0 Å². The molecule has 0 radical (unpaired) electrons. The van der Waals surface area contributed by atoms with Gasteiger partial charge in [-0.3, -0.25) is 4.57 Å². The van der Waals surface area contributed by atoms with Crippen LogP contribution in [0, 0.1) is 6.92 Å². The third-order valence-corrected chi connectivity index (χ3v) is 5.44. The Balaban J connectivity index is 2.57. The molecule has 0 aliphatic heterocycles. The molecule has 19 heavy (non-hydrogen) atoms. The average Bonchev–Trinajstić information content (AvgIpc) is 2.54. The van der Waals surface area contributed by atoms with E-state index in [2.05, 4.69) is 9.97 Å². The fourth-order valence-corrected chi connectivity index (χ4v) is 2.13. The molecule has 0 spiro atoms. The van der Waals surface area contributed by atoms with Crippen LogP contribution in [0.25, 0.3) is 11.2 Å². The van der Waals surface area contributed by atoms with Crippen LogP contribution in [0.3, 0.4) is 0 Å². The largest absolute Gasteiger partial charge is 0.369 e. The van der Waals surface area contributed by atoms with Crippen LogP contribution >= 0.6 is 0 Å². The van der Waals surface area contributed by atoms with E-state index in [4.69, 9.17) is 5.73 Å². The lowest BCUT2D eigenvalue weighted by Crippen LogP contribution is -2.36. The number of aromatic nitrogens is 3. The highest BCUT2D eigenvalue weighted by Gasteiger charge is 2.32. The lowest BCUT2D eigenvalue weighted by atomic mass is 10.2. The van der Waals surface area contributed by atoms with E-state index in [1.807, 2.05) is 19.1 Å². The maximum Gasteiger partial charge on any atom is 0.202 e. The summed E-state index contributed by atoms with van der Waals surface area (Å²) in [4.78, 5) is 8.59. The first-order valence-corrected chi connectivity index (χ1v) is 7.80. The van der Waals surface area contributed by atoms with Gasteiger partial charge in [0.25, 0.3) is 0 Å². The number of anilines is 1. The highest BCUT2D eigenvalue weighted by molar-refractivity contribution is 7.92. The highest BCUT2D eigenvalue weighted by Crippen LogP contribution is 2.23. The minimum atomic E-state index is -3.21. The van der Waals surface area contributed by atoms with Crippen molar-refractivity contribution in [1.29, 1.82) is 0 Å². The highest BCUT2D eigenvalue weighted by atomic mass is 32.2.